The van der Waals surface area contributed by atoms with Crippen molar-refractivity contribution in [3.05, 3.63) is 0 Å². The zero-order valence-corrected chi connectivity index (χ0v) is 11.7. The van der Waals surface area contributed by atoms with Crippen LogP contribution < -0.4 is 5.73 Å². The van der Waals surface area contributed by atoms with Crippen molar-refractivity contribution in [3.63, 3.8) is 0 Å². The molecule has 1 atom stereocenters. The zero-order valence-electron chi connectivity index (χ0n) is 10.9. The second-order valence-electron chi connectivity index (χ2n) is 4.77. The molecule has 0 spiro atoms. The van der Waals surface area contributed by atoms with Crippen molar-refractivity contribution in [2.75, 3.05) is 5.75 Å². The lowest BCUT2D eigenvalue weighted by atomic mass is 10.1. The molecule has 17 heavy (non-hydrogen) atoms. The van der Waals surface area contributed by atoms with Crippen molar-refractivity contribution < 1.29 is 13.0 Å². The zero-order chi connectivity index (χ0) is 13.1. The Bertz CT molecular complexity index is 265. The van der Waals surface area contributed by atoms with E-state index in [0.29, 0.717) is 6.42 Å². The van der Waals surface area contributed by atoms with E-state index in [4.69, 9.17) is 10.3 Å². The van der Waals surface area contributed by atoms with Crippen LogP contribution in [0.15, 0.2) is 0 Å². The summed E-state index contributed by atoms with van der Waals surface area (Å²) in [5, 5.41) is 0. The molecule has 0 heterocycles. The highest BCUT2D eigenvalue weighted by Gasteiger charge is 2.11. The van der Waals surface area contributed by atoms with Crippen LogP contribution in [0, 0.1) is 0 Å². The van der Waals surface area contributed by atoms with Gasteiger partial charge in [0.25, 0.3) is 10.1 Å². The van der Waals surface area contributed by atoms with Crippen LogP contribution in [0.3, 0.4) is 0 Å². The maximum absolute atomic E-state index is 10.6. The summed E-state index contributed by atoms with van der Waals surface area (Å²) >= 11 is 0. The first-order valence-corrected chi connectivity index (χ1v) is 8.27. The summed E-state index contributed by atoms with van der Waals surface area (Å²) in [5.41, 5.74) is 5.60. The van der Waals surface area contributed by atoms with Crippen molar-refractivity contribution in [2.24, 2.45) is 5.73 Å². The maximum atomic E-state index is 10.6. The summed E-state index contributed by atoms with van der Waals surface area (Å²) in [5.74, 6) is -0.316. The van der Waals surface area contributed by atoms with Gasteiger partial charge >= 0.3 is 0 Å². The van der Waals surface area contributed by atoms with E-state index in [1.807, 2.05) is 0 Å². The number of hydrogen-bond donors (Lipinski definition) is 2. The second kappa shape index (κ2) is 9.85. The van der Waals surface area contributed by atoms with E-state index in [2.05, 4.69) is 6.92 Å². The molecule has 104 valence electrons. The van der Waals surface area contributed by atoms with Gasteiger partial charge in [0.15, 0.2) is 0 Å². The van der Waals surface area contributed by atoms with Crippen molar-refractivity contribution in [1.82, 2.24) is 0 Å². The van der Waals surface area contributed by atoms with Crippen molar-refractivity contribution in [3.8, 4) is 0 Å². The fourth-order valence-corrected chi connectivity index (χ4v) is 2.60. The average molecular weight is 265 g/mol. The fraction of sp³-hybridized carbons (Fsp3) is 1.00. The van der Waals surface area contributed by atoms with Gasteiger partial charge in [0, 0.05) is 6.04 Å². The number of unbranched alkanes of at least 4 members (excludes halogenated alkanes) is 7. The third-order valence-electron chi connectivity index (χ3n) is 2.85. The molecule has 0 aliphatic carbocycles. The van der Waals surface area contributed by atoms with Gasteiger partial charge in [-0.2, -0.15) is 8.42 Å². The molecular weight excluding hydrogens is 238 g/mol. The Morgan fingerprint density at radius 3 is 1.94 bits per heavy atom. The molecule has 0 bridgehead atoms. The summed E-state index contributed by atoms with van der Waals surface area (Å²) in [6, 6.07) is -0.426. The first kappa shape index (κ1) is 16.9. The van der Waals surface area contributed by atoms with Crippen LogP contribution in [0.1, 0.15) is 64.7 Å². The molecule has 0 saturated heterocycles. The Kier molecular flexibility index (Phi) is 9.78. The van der Waals surface area contributed by atoms with Crippen molar-refractivity contribution in [1.29, 1.82) is 0 Å². The Morgan fingerprint density at radius 1 is 1.00 bits per heavy atom. The molecule has 5 heteroatoms. The molecule has 0 aliphatic rings. The molecule has 1 unspecified atom stereocenters. The van der Waals surface area contributed by atoms with E-state index in [1.54, 1.807) is 0 Å². The number of rotatable bonds is 11. The van der Waals surface area contributed by atoms with Gasteiger partial charge in [-0.25, -0.2) is 0 Å². The lowest BCUT2D eigenvalue weighted by Gasteiger charge is -2.08. The molecule has 0 aliphatic heterocycles. The molecule has 4 nitrogen and oxygen atoms in total. The Hall–Kier alpha value is -0.130. The number of hydrogen-bond acceptors (Lipinski definition) is 3. The predicted molar refractivity (Wildman–Crippen MR) is 71.6 cm³/mol. The van der Waals surface area contributed by atoms with Gasteiger partial charge in [-0.1, -0.05) is 58.3 Å². The molecule has 0 rings (SSSR count). The van der Waals surface area contributed by atoms with Crippen molar-refractivity contribution >= 4 is 10.1 Å². The highest BCUT2D eigenvalue weighted by Crippen LogP contribution is 2.10. The summed E-state index contributed by atoms with van der Waals surface area (Å²) in [6.45, 7) is 2.20. The van der Waals surface area contributed by atoms with E-state index in [1.165, 1.54) is 38.5 Å². The third kappa shape index (κ3) is 13.8. The monoisotopic (exact) mass is 265 g/mol. The van der Waals surface area contributed by atoms with E-state index in [9.17, 15) is 8.42 Å². The van der Waals surface area contributed by atoms with Crippen LogP contribution in [0.4, 0.5) is 0 Å². The van der Waals surface area contributed by atoms with Gasteiger partial charge in [-0.05, 0) is 6.42 Å². The molecule has 0 radical (unpaired) electrons. The summed E-state index contributed by atoms with van der Waals surface area (Å²) in [6.07, 6.45) is 10.4. The van der Waals surface area contributed by atoms with Crippen LogP contribution in [0.2, 0.25) is 0 Å². The van der Waals surface area contributed by atoms with E-state index < -0.39 is 16.2 Å². The highest BCUT2D eigenvalue weighted by molar-refractivity contribution is 7.85. The normalized spacial score (nSPS) is 13.8. The Balaban J connectivity index is 3.28. The van der Waals surface area contributed by atoms with Crippen LogP contribution in [0.25, 0.3) is 0 Å². The standard InChI is InChI=1S/C12H27NO3S/c1-2-3-4-5-6-7-8-9-10-12(13)11-17(14,15)16/h12H,2-11,13H2,1H3,(H,14,15,16). The topological polar surface area (TPSA) is 80.4 Å². The summed E-state index contributed by atoms with van der Waals surface area (Å²) in [7, 11) is -3.91. The second-order valence-corrected chi connectivity index (χ2v) is 6.27. The molecule has 0 aromatic carbocycles. The summed E-state index contributed by atoms with van der Waals surface area (Å²) in [4.78, 5) is 0. The van der Waals surface area contributed by atoms with Gasteiger partial charge in [0.1, 0.15) is 0 Å². The van der Waals surface area contributed by atoms with E-state index >= 15 is 0 Å². The Labute approximate surface area is 106 Å². The quantitative estimate of drug-likeness (QED) is 0.444. The smallest absolute Gasteiger partial charge is 0.266 e. The van der Waals surface area contributed by atoms with Crippen LogP contribution in [-0.2, 0) is 10.1 Å². The van der Waals surface area contributed by atoms with Gasteiger partial charge < -0.3 is 5.73 Å². The van der Waals surface area contributed by atoms with Gasteiger partial charge in [-0.15, -0.1) is 0 Å². The molecule has 3 N–H and O–H groups in total. The van der Waals surface area contributed by atoms with Crippen LogP contribution in [-0.4, -0.2) is 24.8 Å². The lowest BCUT2D eigenvalue weighted by molar-refractivity contribution is 0.470. The van der Waals surface area contributed by atoms with Gasteiger partial charge in [0.2, 0.25) is 0 Å². The highest BCUT2D eigenvalue weighted by atomic mass is 32.2. The van der Waals surface area contributed by atoms with E-state index in [-0.39, 0.29) is 5.75 Å². The molecule has 0 amide bonds. The van der Waals surface area contributed by atoms with Crippen LogP contribution >= 0.6 is 0 Å². The molecule has 0 fully saturated rings. The minimum absolute atomic E-state index is 0.316. The fourth-order valence-electron chi connectivity index (χ4n) is 1.89. The van der Waals surface area contributed by atoms with E-state index in [0.717, 1.165) is 12.8 Å². The Morgan fingerprint density at radius 2 is 1.47 bits per heavy atom. The third-order valence-corrected chi connectivity index (χ3v) is 3.70. The first-order chi connectivity index (χ1) is 7.95. The van der Waals surface area contributed by atoms with Crippen molar-refractivity contribution in [2.45, 2.75) is 70.8 Å². The molecule has 0 aromatic rings. The van der Waals surface area contributed by atoms with Gasteiger partial charge in [0.05, 0.1) is 5.75 Å². The minimum Gasteiger partial charge on any atom is -0.327 e. The van der Waals surface area contributed by atoms with Crippen LogP contribution in [0.5, 0.6) is 0 Å². The SMILES string of the molecule is CCCCCCCCCCC(N)CS(=O)(=O)O. The predicted octanol–water partition coefficient (Wildman–Crippen LogP) is 2.73. The largest absolute Gasteiger partial charge is 0.327 e. The average Bonchev–Trinajstić information content (AvgIpc) is 2.19. The molecule has 0 aromatic heterocycles. The molecular formula is C12H27NO3S. The summed E-state index contributed by atoms with van der Waals surface area (Å²) < 4.78 is 29.7. The number of nitrogens with two attached hydrogens (primary N) is 1. The maximum Gasteiger partial charge on any atom is 0.266 e. The minimum atomic E-state index is -3.91. The first-order valence-electron chi connectivity index (χ1n) is 6.66. The van der Waals surface area contributed by atoms with Gasteiger partial charge in [-0.3, -0.25) is 4.55 Å². The lowest BCUT2D eigenvalue weighted by Crippen LogP contribution is -2.29. The molecule has 0 saturated carbocycles.